The van der Waals surface area contributed by atoms with Crippen LogP contribution in [0.15, 0.2) is 48.5 Å². The van der Waals surface area contributed by atoms with Gasteiger partial charge in [-0.3, -0.25) is 9.69 Å². The van der Waals surface area contributed by atoms with Crippen LogP contribution >= 0.6 is 11.6 Å². The number of halogens is 1. The maximum Gasteiger partial charge on any atom is 0.325 e. The van der Waals surface area contributed by atoms with Crippen LogP contribution in [0.1, 0.15) is 23.6 Å². The highest BCUT2D eigenvalue weighted by Gasteiger charge is 2.48. The van der Waals surface area contributed by atoms with Crippen LogP contribution in [0.2, 0.25) is 5.02 Å². The number of imide groups is 1. The maximum atomic E-state index is 12.8. The third kappa shape index (κ3) is 2.70. The van der Waals surface area contributed by atoms with Crippen LogP contribution < -0.4 is 5.32 Å². The molecule has 0 aliphatic carbocycles. The number of aryl methyl sites for hydroxylation is 1. The molecule has 1 heterocycles. The number of hydrogen-bond acceptors (Lipinski definition) is 2. The number of carbonyl (C=O) groups excluding carboxylic acids is 2. The van der Waals surface area contributed by atoms with Crippen LogP contribution in [0.5, 0.6) is 0 Å². The predicted octanol–water partition coefficient (Wildman–Crippen LogP) is 3.62. The molecular formula is C18H17ClN2O2. The number of rotatable bonds is 3. The highest BCUT2D eigenvalue weighted by Crippen LogP contribution is 2.30. The number of nitrogens with zero attached hydrogens (tertiary/aromatic N) is 1. The molecule has 118 valence electrons. The minimum Gasteiger partial charge on any atom is -0.319 e. The zero-order chi connectivity index (χ0) is 16.6. The fraction of sp³-hybridized carbons (Fsp3) is 0.222. The molecule has 1 saturated heterocycles. The average molecular weight is 329 g/mol. The van der Waals surface area contributed by atoms with Gasteiger partial charge < -0.3 is 5.32 Å². The molecular weight excluding hydrogens is 312 g/mol. The van der Waals surface area contributed by atoms with Gasteiger partial charge in [0.05, 0.1) is 6.54 Å². The van der Waals surface area contributed by atoms with E-state index in [-0.39, 0.29) is 12.5 Å². The molecule has 1 fully saturated rings. The van der Waals surface area contributed by atoms with Crippen molar-refractivity contribution in [3.63, 3.8) is 0 Å². The van der Waals surface area contributed by atoms with E-state index in [1.165, 1.54) is 4.90 Å². The third-order valence-corrected chi connectivity index (χ3v) is 4.56. The summed E-state index contributed by atoms with van der Waals surface area (Å²) in [6, 6.07) is 14.4. The summed E-state index contributed by atoms with van der Waals surface area (Å²) in [4.78, 5) is 26.4. The van der Waals surface area contributed by atoms with Gasteiger partial charge in [-0.1, -0.05) is 59.6 Å². The second-order valence-corrected chi connectivity index (χ2v) is 6.31. The van der Waals surface area contributed by atoms with Crippen molar-refractivity contribution in [2.75, 3.05) is 0 Å². The lowest BCUT2D eigenvalue weighted by atomic mass is 9.91. The van der Waals surface area contributed by atoms with Crippen molar-refractivity contribution in [3.05, 3.63) is 70.2 Å². The molecule has 3 rings (SSSR count). The molecule has 0 unspecified atom stereocenters. The lowest BCUT2D eigenvalue weighted by molar-refractivity contribution is -0.131. The molecule has 1 N–H and O–H groups in total. The van der Waals surface area contributed by atoms with Crippen LogP contribution in [0.25, 0.3) is 0 Å². The van der Waals surface area contributed by atoms with E-state index in [9.17, 15) is 9.59 Å². The zero-order valence-electron chi connectivity index (χ0n) is 13.0. The summed E-state index contributed by atoms with van der Waals surface area (Å²) in [7, 11) is 0. The van der Waals surface area contributed by atoms with E-state index in [1.54, 1.807) is 13.0 Å². The Balaban J connectivity index is 1.90. The van der Waals surface area contributed by atoms with Crippen LogP contribution in [-0.4, -0.2) is 16.8 Å². The van der Waals surface area contributed by atoms with Gasteiger partial charge >= 0.3 is 6.03 Å². The number of benzene rings is 2. The highest BCUT2D eigenvalue weighted by atomic mass is 35.5. The van der Waals surface area contributed by atoms with Crippen LogP contribution in [0, 0.1) is 6.92 Å². The van der Waals surface area contributed by atoms with E-state index in [2.05, 4.69) is 5.32 Å². The molecule has 23 heavy (non-hydrogen) atoms. The highest BCUT2D eigenvalue weighted by molar-refractivity contribution is 6.31. The fourth-order valence-corrected chi connectivity index (χ4v) is 2.92. The minimum absolute atomic E-state index is 0.159. The van der Waals surface area contributed by atoms with E-state index < -0.39 is 11.6 Å². The molecule has 1 atom stereocenters. The predicted molar refractivity (Wildman–Crippen MR) is 89.1 cm³/mol. The lowest BCUT2D eigenvalue weighted by Crippen LogP contribution is -2.40. The molecule has 0 aromatic heterocycles. The van der Waals surface area contributed by atoms with Gasteiger partial charge in [-0.25, -0.2) is 4.79 Å². The van der Waals surface area contributed by atoms with Crippen LogP contribution in [-0.2, 0) is 16.9 Å². The number of carbonyl (C=O) groups is 2. The van der Waals surface area contributed by atoms with Gasteiger partial charge in [-0.2, -0.15) is 0 Å². The van der Waals surface area contributed by atoms with Crippen molar-refractivity contribution in [2.24, 2.45) is 0 Å². The summed E-state index contributed by atoms with van der Waals surface area (Å²) in [5.74, 6) is -0.272. The van der Waals surface area contributed by atoms with Crippen molar-refractivity contribution in [2.45, 2.75) is 25.9 Å². The van der Waals surface area contributed by atoms with E-state index >= 15 is 0 Å². The lowest BCUT2D eigenvalue weighted by Gasteiger charge is -2.22. The molecule has 3 amide bonds. The van der Waals surface area contributed by atoms with Crippen LogP contribution in [0.3, 0.4) is 0 Å². The van der Waals surface area contributed by atoms with Gasteiger partial charge in [0, 0.05) is 5.02 Å². The maximum absolute atomic E-state index is 12.8. The van der Waals surface area contributed by atoms with Crippen molar-refractivity contribution < 1.29 is 9.59 Å². The second kappa shape index (κ2) is 5.70. The first-order chi connectivity index (χ1) is 10.9. The van der Waals surface area contributed by atoms with Gasteiger partial charge in [-0.05, 0) is 31.0 Å². The first-order valence-corrected chi connectivity index (χ1v) is 7.74. The first kappa shape index (κ1) is 15.6. The topological polar surface area (TPSA) is 49.4 Å². The molecule has 5 heteroatoms. The van der Waals surface area contributed by atoms with E-state index in [0.29, 0.717) is 5.02 Å². The average Bonchev–Trinajstić information content (AvgIpc) is 2.74. The summed E-state index contributed by atoms with van der Waals surface area (Å²) >= 11 is 6.13. The third-order valence-electron chi connectivity index (χ3n) is 4.19. The smallest absolute Gasteiger partial charge is 0.319 e. The molecule has 0 bridgehead atoms. The summed E-state index contributed by atoms with van der Waals surface area (Å²) in [5, 5.41) is 3.34. The first-order valence-electron chi connectivity index (χ1n) is 7.36. The van der Waals surface area contributed by atoms with Gasteiger partial charge in [0.2, 0.25) is 0 Å². The number of urea groups is 1. The molecule has 0 spiro atoms. The van der Waals surface area contributed by atoms with Gasteiger partial charge in [-0.15, -0.1) is 0 Å². The molecule has 0 radical (unpaired) electrons. The van der Waals surface area contributed by atoms with E-state index in [0.717, 1.165) is 16.7 Å². The molecule has 0 saturated carbocycles. The molecule has 4 nitrogen and oxygen atoms in total. The minimum atomic E-state index is -1.05. The van der Waals surface area contributed by atoms with Crippen LogP contribution in [0.4, 0.5) is 4.79 Å². The van der Waals surface area contributed by atoms with Gasteiger partial charge in [0.1, 0.15) is 5.54 Å². The van der Waals surface area contributed by atoms with Gasteiger partial charge in [0.15, 0.2) is 0 Å². The summed E-state index contributed by atoms with van der Waals surface area (Å²) < 4.78 is 0. The Morgan fingerprint density at radius 1 is 1.09 bits per heavy atom. The Bertz CT molecular complexity index is 773. The second-order valence-electron chi connectivity index (χ2n) is 5.90. The van der Waals surface area contributed by atoms with Crippen molar-refractivity contribution in [3.8, 4) is 0 Å². The Morgan fingerprint density at radius 3 is 2.39 bits per heavy atom. The molecule has 2 aromatic carbocycles. The molecule has 1 aliphatic rings. The quantitative estimate of drug-likeness (QED) is 0.875. The van der Waals surface area contributed by atoms with Crippen molar-refractivity contribution in [1.82, 2.24) is 10.2 Å². The van der Waals surface area contributed by atoms with Crippen molar-refractivity contribution >= 4 is 23.5 Å². The Labute approximate surface area is 140 Å². The number of amides is 3. The normalized spacial score (nSPS) is 20.7. The SMILES string of the molecule is Cc1ccc([C@]2(C)NC(=O)N(Cc3ccccc3Cl)C2=O)cc1. The number of hydrogen-bond donors (Lipinski definition) is 1. The zero-order valence-corrected chi connectivity index (χ0v) is 13.7. The molecule has 2 aromatic rings. The standard InChI is InChI=1S/C18H17ClN2O2/c1-12-7-9-14(10-8-12)18(2)16(22)21(17(23)20-18)11-13-5-3-4-6-15(13)19/h3-10H,11H2,1-2H3,(H,20,23)/t18-/m0/s1. The Morgan fingerprint density at radius 2 is 1.74 bits per heavy atom. The Kier molecular flexibility index (Phi) is 3.86. The van der Waals surface area contributed by atoms with Crippen molar-refractivity contribution in [1.29, 1.82) is 0 Å². The monoisotopic (exact) mass is 328 g/mol. The van der Waals surface area contributed by atoms with E-state index in [1.807, 2.05) is 49.4 Å². The van der Waals surface area contributed by atoms with Gasteiger partial charge in [0.25, 0.3) is 5.91 Å². The summed E-state index contributed by atoms with van der Waals surface area (Å²) in [6.07, 6.45) is 0. The summed E-state index contributed by atoms with van der Waals surface area (Å²) in [6.45, 7) is 3.86. The largest absolute Gasteiger partial charge is 0.325 e. The summed E-state index contributed by atoms with van der Waals surface area (Å²) in [5.41, 5.74) is 1.56. The molecule has 1 aliphatic heterocycles. The number of nitrogens with one attached hydrogen (secondary N) is 1. The fourth-order valence-electron chi connectivity index (χ4n) is 2.72. The Hall–Kier alpha value is -2.33. The van der Waals surface area contributed by atoms with E-state index in [4.69, 9.17) is 11.6 Å².